The standard InChI is InChI=1S/C14H18BrNO2/c1-14(2)6-7-16(9-14)13(17)11-5-4-10(15)8-12(11)18-3/h4-5,8H,6-7,9H2,1-3H3. The van der Waals surface area contributed by atoms with Crippen LogP contribution in [0.2, 0.25) is 0 Å². The van der Waals surface area contributed by atoms with Crippen molar-refractivity contribution in [3.05, 3.63) is 28.2 Å². The van der Waals surface area contributed by atoms with Gasteiger partial charge in [0.25, 0.3) is 5.91 Å². The molecule has 0 N–H and O–H groups in total. The number of likely N-dealkylation sites (tertiary alicyclic amines) is 1. The highest BCUT2D eigenvalue weighted by molar-refractivity contribution is 9.10. The van der Waals surface area contributed by atoms with Gasteiger partial charge in [-0.15, -0.1) is 0 Å². The van der Waals surface area contributed by atoms with Crippen molar-refractivity contribution in [2.45, 2.75) is 20.3 Å². The molecule has 1 fully saturated rings. The first-order valence-electron chi connectivity index (χ1n) is 6.06. The first kappa shape index (κ1) is 13.4. The summed E-state index contributed by atoms with van der Waals surface area (Å²) >= 11 is 3.38. The highest BCUT2D eigenvalue weighted by Crippen LogP contribution is 2.32. The Morgan fingerprint density at radius 3 is 2.72 bits per heavy atom. The van der Waals surface area contributed by atoms with Crippen molar-refractivity contribution in [1.29, 1.82) is 0 Å². The molecule has 0 radical (unpaired) electrons. The first-order chi connectivity index (χ1) is 8.43. The molecule has 18 heavy (non-hydrogen) atoms. The van der Waals surface area contributed by atoms with Crippen molar-refractivity contribution >= 4 is 21.8 Å². The normalized spacial score (nSPS) is 17.9. The number of nitrogens with zero attached hydrogens (tertiary/aromatic N) is 1. The lowest BCUT2D eigenvalue weighted by Crippen LogP contribution is -2.30. The van der Waals surface area contributed by atoms with Gasteiger partial charge < -0.3 is 9.64 Å². The summed E-state index contributed by atoms with van der Waals surface area (Å²) in [5, 5.41) is 0. The largest absolute Gasteiger partial charge is 0.496 e. The minimum absolute atomic E-state index is 0.0601. The molecule has 0 saturated carbocycles. The summed E-state index contributed by atoms with van der Waals surface area (Å²) in [6, 6.07) is 5.52. The number of halogens is 1. The summed E-state index contributed by atoms with van der Waals surface area (Å²) < 4.78 is 6.20. The van der Waals surface area contributed by atoms with E-state index in [0.717, 1.165) is 24.0 Å². The van der Waals surface area contributed by atoms with Crippen LogP contribution >= 0.6 is 15.9 Å². The third kappa shape index (κ3) is 2.69. The van der Waals surface area contributed by atoms with Gasteiger partial charge in [-0.25, -0.2) is 0 Å². The van der Waals surface area contributed by atoms with Gasteiger partial charge >= 0.3 is 0 Å². The summed E-state index contributed by atoms with van der Waals surface area (Å²) in [5.74, 6) is 0.684. The Labute approximate surface area is 116 Å². The topological polar surface area (TPSA) is 29.5 Å². The molecule has 1 aliphatic rings. The lowest BCUT2D eigenvalue weighted by Gasteiger charge is -2.20. The number of methoxy groups -OCH3 is 1. The van der Waals surface area contributed by atoms with E-state index in [2.05, 4.69) is 29.8 Å². The maximum Gasteiger partial charge on any atom is 0.257 e. The Balaban J connectivity index is 2.24. The van der Waals surface area contributed by atoms with Gasteiger partial charge in [-0.05, 0) is 30.0 Å². The minimum atomic E-state index is 0.0601. The maximum absolute atomic E-state index is 12.5. The molecule has 0 atom stereocenters. The molecule has 0 aliphatic carbocycles. The van der Waals surface area contributed by atoms with E-state index in [-0.39, 0.29) is 11.3 Å². The first-order valence-corrected chi connectivity index (χ1v) is 6.85. The molecule has 98 valence electrons. The van der Waals surface area contributed by atoms with E-state index in [9.17, 15) is 4.79 Å². The van der Waals surface area contributed by atoms with Gasteiger partial charge in [0.1, 0.15) is 5.75 Å². The van der Waals surface area contributed by atoms with Crippen LogP contribution in [-0.2, 0) is 0 Å². The van der Waals surface area contributed by atoms with Gasteiger partial charge in [0.05, 0.1) is 12.7 Å². The fourth-order valence-electron chi connectivity index (χ4n) is 2.30. The van der Waals surface area contributed by atoms with Crippen LogP contribution in [0.5, 0.6) is 5.75 Å². The number of hydrogen-bond donors (Lipinski definition) is 0. The summed E-state index contributed by atoms with van der Waals surface area (Å²) in [6.45, 7) is 6.02. The van der Waals surface area contributed by atoms with Crippen LogP contribution in [0, 0.1) is 5.41 Å². The predicted molar refractivity (Wildman–Crippen MR) is 75.0 cm³/mol. The van der Waals surface area contributed by atoms with Crippen LogP contribution in [-0.4, -0.2) is 31.0 Å². The zero-order valence-electron chi connectivity index (χ0n) is 11.0. The van der Waals surface area contributed by atoms with Crippen molar-refractivity contribution in [2.75, 3.05) is 20.2 Å². The summed E-state index contributed by atoms with van der Waals surface area (Å²) in [4.78, 5) is 14.4. The Bertz CT molecular complexity index is 471. The Morgan fingerprint density at radius 2 is 2.17 bits per heavy atom. The zero-order chi connectivity index (χ0) is 13.3. The average molecular weight is 312 g/mol. The monoisotopic (exact) mass is 311 g/mol. The number of ether oxygens (including phenoxy) is 1. The smallest absolute Gasteiger partial charge is 0.257 e. The zero-order valence-corrected chi connectivity index (χ0v) is 12.6. The van der Waals surface area contributed by atoms with E-state index >= 15 is 0 Å². The second-order valence-corrected chi connectivity index (χ2v) is 6.40. The van der Waals surface area contributed by atoms with Gasteiger partial charge in [0.2, 0.25) is 0 Å². The highest BCUT2D eigenvalue weighted by atomic mass is 79.9. The SMILES string of the molecule is COc1cc(Br)ccc1C(=O)N1CCC(C)(C)C1. The van der Waals surface area contributed by atoms with Gasteiger partial charge in [-0.3, -0.25) is 4.79 Å². The number of benzene rings is 1. The van der Waals surface area contributed by atoms with E-state index in [0.29, 0.717) is 11.3 Å². The molecule has 1 saturated heterocycles. The van der Waals surface area contributed by atoms with Crippen LogP contribution in [0.4, 0.5) is 0 Å². The molecule has 0 aromatic heterocycles. The minimum Gasteiger partial charge on any atom is -0.496 e. The molecule has 2 rings (SSSR count). The Morgan fingerprint density at radius 1 is 1.44 bits per heavy atom. The number of hydrogen-bond acceptors (Lipinski definition) is 2. The summed E-state index contributed by atoms with van der Waals surface area (Å²) in [6.07, 6.45) is 1.05. The molecular weight excluding hydrogens is 294 g/mol. The van der Waals surface area contributed by atoms with Crippen LogP contribution < -0.4 is 4.74 Å². The average Bonchev–Trinajstić information content (AvgIpc) is 2.68. The number of rotatable bonds is 2. The van der Waals surface area contributed by atoms with Crippen molar-refractivity contribution < 1.29 is 9.53 Å². The fraction of sp³-hybridized carbons (Fsp3) is 0.500. The molecule has 1 aromatic rings. The van der Waals surface area contributed by atoms with Crippen molar-refractivity contribution in [1.82, 2.24) is 4.90 Å². The molecule has 0 spiro atoms. The molecule has 1 aliphatic heterocycles. The second-order valence-electron chi connectivity index (χ2n) is 5.49. The molecule has 1 aromatic carbocycles. The quantitative estimate of drug-likeness (QED) is 0.838. The molecule has 1 amide bonds. The number of carbonyl (C=O) groups is 1. The highest BCUT2D eigenvalue weighted by Gasteiger charge is 2.33. The summed E-state index contributed by atoms with van der Waals surface area (Å²) in [5.41, 5.74) is 0.858. The van der Waals surface area contributed by atoms with Gasteiger partial charge in [0, 0.05) is 17.6 Å². The van der Waals surface area contributed by atoms with Crippen LogP contribution in [0.15, 0.2) is 22.7 Å². The third-order valence-electron chi connectivity index (χ3n) is 3.36. The number of amides is 1. The molecule has 0 unspecified atom stereocenters. The lowest BCUT2D eigenvalue weighted by molar-refractivity contribution is 0.0775. The molecule has 1 heterocycles. The van der Waals surface area contributed by atoms with Crippen LogP contribution in [0.25, 0.3) is 0 Å². The van der Waals surface area contributed by atoms with Crippen molar-refractivity contribution in [3.8, 4) is 5.75 Å². The summed E-state index contributed by atoms with van der Waals surface area (Å²) in [7, 11) is 1.59. The number of carbonyl (C=O) groups excluding carboxylic acids is 1. The molecule has 0 bridgehead atoms. The van der Waals surface area contributed by atoms with Crippen LogP contribution in [0.1, 0.15) is 30.6 Å². The van der Waals surface area contributed by atoms with Crippen molar-refractivity contribution in [2.24, 2.45) is 5.41 Å². The van der Waals surface area contributed by atoms with E-state index in [1.165, 1.54) is 0 Å². The molecule has 4 heteroatoms. The lowest BCUT2D eigenvalue weighted by atomic mass is 9.93. The van der Waals surface area contributed by atoms with E-state index in [1.807, 2.05) is 23.1 Å². The Hall–Kier alpha value is -1.03. The molecule has 3 nitrogen and oxygen atoms in total. The van der Waals surface area contributed by atoms with E-state index in [4.69, 9.17) is 4.74 Å². The van der Waals surface area contributed by atoms with E-state index in [1.54, 1.807) is 7.11 Å². The molecular formula is C14H18BrNO2. The predicted octanol–water partition coefficient (Wildman–Crippen LogP) is 3.33. The van der Waals surface area contributed by atoms with Gasteiger partial charge in [-0.1, -0.05) is 29.8 Å². The third-order valence-corrected chi connectivity index (χ3v) is 3.85. The van der Waals surface area contributed by atoms with Gasteiger partial charge in [-0.2, -0.15) is 0 Å². The maximum atomic E-state index is 12.5. The fourth-order valence-corrected chi connectivity index (χ4v) is 2.64. The van der Waals surface area contributed by atoms with Gasteiger partial charge in [0.15, 0.2) is 0 Å². The Kier molecular flexibility index (Phi) is 3.66. The van der Waals surface area contributed by atoms with Crippen molar-refractivity contribution in [3.63, 3.8) is 0 Å². The van der Waals surface area contributed by atoms with Crippen LogP contribution in [0.3, 0.4) is 0 Å². The second kappa shape index (κ2) is 4.92. The van der Waals surface area contributed by atoms with E-state index < -0.39 is 0 Å².